The minimum absolute atomic E-state index is 0.0167. The summed E-state index contributed by atoms with van der Waals surface area (Å²) in [5, 5.41) is 11.2. The Morgan fingerprint density at radius 2 is 2.12 bits per heavy atom. The second-order valence-corrected chi connectivity index (χ2v) is 4.70. The highest BCUT2D eigenvalue weighted by Gasteiger charge is 2.26. The Bertz CT molecular complexity index is 476. The molecule has 6 heteroatoms. The van der Waals surface area contributed by atoms with Gasteiger partial charge in [-0.3, -0.25) is 10.1 Å². The van der Waals surface area contributed by atoms with Gasteiger partial charge in [0, 0.05) is 18.7 Å². The Morgan fingerprint density at radius 3 is 2.76 bits per heavy atom. The number of fused-ring (bicyclic) bond motifs is 1. The summed E-state index contributed by atoms with van der Waals surface area (Å²) < 4.78 is 0. The Labute approximate surface area is 104 Å². The third kappa shape index (κ3) is 2.21. The molecule has 0 spiro atoms. The molecule has 2 N–H and O–H groups in total. The van der Waals surface area contributed by atoms with Crippen molar-refractivity contribution in [1.82, 2.24) is 4.90 Å². The van der Waals surface area contributed by atoms with Gasteiger partial charge in [0.2, 0.25) is 0 Å². The lowest BCUT2D eigenvalue weighted by atomic mass is 10.00. The van der Waals surface area contributed by atoms with Crippen LogP contribution in [0.4, 0.5) is 11.4 Å². The Kier molecular flexibility index (Phi) is 3.22. The van der Waals surface area contributed by atoms with E-state index < -0.39 is 4.92 Å². The van der Waals surface area contributed by atoms with Crippen molar-refractivity contribution in [2.75, 3.05) is 25.9 Å². The average Bonchev–Trinajstić information content (AvgIpc) is 2.43. The van der Waals surface area contributed by atoms with E-state index in [0.29, 0.717) is 12.1 Å². The minimum Gasteiger partial charge on any atom is -0.397 e. The highest BCUT2D eigenvalue weighted by molar-refractivity contribution is 6.35. The van der Waals surface area contributed by atoms with Crippen molar-refractivity contribution in [3.8, 4) is 0 Å². The van der Waals surface area contributed by atoms with Crippen LogP contribution in [0.25, 0.3) is 0 Å². The van der Waals surface area contributed by atoms with Crippen LogP contribution in [-0.2, 0) is 12.8 Å². The molecule has 1 aliphatic rings. The normalized spacial score (nSPS) is 16.4. The quantitative estimate of drug-likeness (QED) is 0.472. The third-order valence-corrected chi connectivity index (χ3v) is 3.55. The summed E-state index contributed by atoms with van der Waals surface area (Å²) in [6.07, 6.45) is 1.41. The lowest BCUT2D eigenvalue weighted by Gasteiger charge is -2.10. The van der Waals surface area contributed by atoms with Gasteiger partial charge in [0.25, 0.3) is 5.69 Å². The maximum absolute atomic E-state index is 11.1. The van der Waals surface area contributed by atoms with E-state index in [9.17, 15) is 10.1 Å². The number of nitro benzene ring substituents is 1. The number of likely N-dealkylation sites (N-methyl/N-ethyl adjacent to an activating group) is 1. The molecule has 0 bridgehead atoms. The number of nitrogens with zero attached hydrogens (tertiary/aromatic N) is 2. The smallest absolute Gasteiger partial charge is 0.293 e. The molecule has 0 atom stereocenters. The number of nitrogen functional groups attached to an aromatic ring is 1. The van der Waals surface area contributed by atoms with Gasteiger partial charge in [0.15, 0.2) is 0 Å². The molecule has 5 nitrogen and oxygen atoms in total. The monoisotopic (exact) mass is 255 g/mol. The van der Waals surface area contributed by atoms with Crippen LogP contribution in [0.2, 0.25) is 5.02 Å². The van der Waals surface area contributed by atoms with E-state index in [1.54, 1.807) is 6.07 Å². The highest BCUT2D eigenvalue weighted by Crippen LogP contribution is 2.37. The molecule has 0 unspecified atom stereocenters. The standard InChI is InChI=1S/C11H14ClN3O2/c1-14-4-2-7-6-9(13)10(12)11(15(16)17)8(7)3-5-14/h6H,2-5,13H2,1H3. The van der Waals surface area contributed by atoms with Crippen LogP contribution >= 0.6 is 11.6 Å². The molecule has 1 aromatic carbocycles. The first-order valence-corrected chi connectivity index (χ1v) is 5.81. The number of benzene rings is 1. The Hall–Kier alpha value is -1.33. The summed E-state index contributed by atoms with van der Waals surface area (Å²) in [6, 6.07) is 1.77. The average molecular weight is 256 g/mol. The maximum Gasteiger partial charge on any atom is 0.293 e. The van der Waals surface area contributed by atoms with Crippen LogP contribution in [0, 0.1) is 10.1 Å². The van der Waals surface area contributed by atoms with Crippen LogP contribution in [0.1, 0.15) is 11.1 Å². The Balaban J connectivity index is 2.59. The molecule has 0 radical (unpaired) electrons. The van der Waals surface area contributed by atoms with E-state index in [-0.39, 0.29) is 10.7 Å². The number of rotatable bonds is 1. The molecular weight excluding hydrogens is 242 g/mol. The van der Waals surface area contributed by atoms with Crippen molar-refractivity contribution in [3.05, 3.63) is 32.3 Å². The van der Waals surface area contributed by atoms with Crippen molar-refractivity contribution in [3.63, 3.8) is 0 Å². The molecule has 1 heterocycles. The molecule has 0 saturated heterocycles. The number of hydrogen-bond acceptors (Lipinski definition) is 4. The van der Waals surface area contributed by atoms with Gasteiger partial charge in [-0.15, -0.1) is 0 Å². The molecule has 17 heavy (non-hydrogen) atoms. The fourth-order valence-electron chi connectivity index (χ4n) is 2.18. The van der Waals surface area contributed by atoms with Crippen molar-refractivity contribution < 1.29 is 4.92 Å². The van der Waals surface area contributed by atoms with Crippen LogP contribution < -0.4 is 5.73 Å². The first-order chi connectivity index (χ1) is 8.00. The molecular formula is C11H14ClN3O2. The van der Waals surface area contributed by atoms with E-state index in [1.165, 1.54) is 0 Å². The molecule has 1 aliphatic heterocycles. The van der Waals surface area contributed by atoms with Gasteiger partial charge < -0.3 is 10.6 Å². The first-order valence-electron chi connectivity index (χ1n) is 5.43. The summed E-state index contributed by atoms with van der Waals surface area (Å²) >= 11 is 5.93. The second-order valence-electron chi connectivity index (χ2n) is 4.33. The molecule has 1 aromatic rings. The van der Waals surface area contributed by atoms with Crippen LogP contribution in [-0.4, -0.2) is 30.0 Å². The van der Waals surface area contributed by atoms with Crippen LogP contribution in [0.5, 0.6) is 0 Å². The lowest BCUT2D eigenvalue weighted by Crippen LogP contribution is -2.20. The van der Waals surface area contributed by atoms with Gasteiger partial charge in [-0.2, -0.15) is 0 Å². The number of hydrogen-bond donors (Lipinski definition) is 1. The fraction of sp³-hybridized carbons (Fsp3) is 0.455. The predicted molar refractivity (Wildman–Crippen MR) is 67.4 cm³/mol. The van der Waals surface area contributed by atoms with E-state index in [2.05, 4.69) is 4.90 Å². The van der Waals surface area contributed by atoms with E-state index in [4.69, 9.17) is 17.3 Å². The molecule has 0 aromatic heterocycles. The molecule has 92 valence electrons. The van der Waals surface area contributed by atoms with E-state index >= 15 is 0 Å². The molecule has 0 saturated carbocycles. The van der Waals surface area contributed by atoms with E-state index in [1.807, 2.05) is 7.05 Å². The molecule has 0 fully saturated rings. The largest absolute Gasteiger partial charge is 0.397 e. The van der Waals surface area contributed by atoms with Crippen LogP contribution in [0.3, 0.4) is 0 Å². The number of nitrogens with two attached hydrogens (primary N) is 1. The minimum atomic E-state index is -0.428. The first kappa shape index (κ1) is 12.1. The summed E-state index contributed by atoms with van der Waals surface area (Å²) in [5.41, 5.74) is 7.68. The third-order valence-electron chi connectivity index (χ3n) is 3.15. The predicted octanol–water partition coefficient (Wildman–Crippen LogP) is 1.86. The molecule has 0 aliphatic carbocycles. The van der Waals surface area contributed by atoms with Gasteiger partial charge in [-0.05, 0) is 31.5 Å². The van der Waals surface area contributed by atoms with Gasteiger partial charge in [-0.1, -0.05) is 11.6 Å². The van der Waals surface area contributed by atoms with Crippen molar-refractivity contribution >= 4 is 23.0 Å². The van der Waals surface area contributed by atoms with Gasteiger partial charge in [-0.25, -0.2) is 0 Å². The molecule has 0 amide bonds. The fourth-order valence-corrected chi connectivity index (χ4v) is 2.42. The Morgan fingerprint density at radius 1 is 1.47 bits per heavy atom. The summed E-state index contributed by atoms with van der Waals surface area (Å²) in [6.45, 7) is 1.68. The summed E-state index contributed by atoms with van der Waals surface area (Å²) in [5.74, 6) is 0. The van der Waals surface area contributed by atoms with Crippen molar-refractivity contribution in [1.29, 1.82) is 0 Å². The summed E-state index contributed by atoms with van der Waals surface area (Å²) in [4.78, 5) is 12.8. The SMILES string of the molecule is CN1CCc2cc(N)c(Cl)c([N+](=O)[O-])c2CC1. The van der Waals surface area contributed by atoms with Crippen LogP contribution in [0.15, 0.2) is 6.07 Å². The number of nitro groups is 1. The zero-order chi connectivity index (χ0) is 12.6. The maximum atomic E-state index is 11.1. The lowest BCUT2D eigenvalue weighted by molar-refractivity contribution is -0.385. The number of halogens is 1. The second kappa shape index (κ2) is 4.50. The van der Waals surface area contributed by atoms with Gasteiger partial charge in [0.05, 0.1) is 10.6 Å². The molecule has 2 rings (SSSR count). The zero-order valence-corrected chi connectivity index (χ0v) is 10.3. The van der Waals surface area contributed by atoms with Gasteiger partial charge in [0.1, 0.15) is 5.02 Å². The summed E-state index contributed by atoms with van der Waals surface area (Å²) in [7, 11) is 2.00. The zero-order valence-electron chi connectivity index (χ0n) is 9.57. The highest BCUT2D eigenvalue weighted by atomic mass is 35.5. The van der Waals surface area contributed by atoms with Crippen molar-refractivity contribution in [2.24, 2.45) is 0 Å². The van der Waals surface area contributed by atoms with Gasteiger partial charge >= 0.3 is 0 Å². The number of anilines is 1. The van der Waals surface area contributed by atoms with Crippen molar-refractivity contribution in [2.45, 2.75) is 12.8 Å². The topological polar surface area (TPSA) is 72.4 Å². The van der Waals surface area contributed by atoms with E-state index in [0.717, 1.165) is 30.6 Å².